The lowest BCUT2D eigenvalue weighted by Gasteiger charge is -2.57. The van der Waals surface area contributed by atoms with Crippen LogP contribution in [-0.2, 0) is 4.74 Å². The van der Waals surface area contributed by atoms with Gasteiger partial charge in [-0.1, -0.05) is 6.92 Å². The third-order valence-electron chi connectivity index (χ3n) is 6.02. The number of fused-ring (bicyclic) bond motifs is 1. The van der Waals surface area contributed by atoms with E-state index in [1.807, 2.05) is 6.92 Å². The molecule has 104 valence electrons. The van der Waals surface area contributed by atoms with E-state index in [1.54, 1.807) is 0 Å². The summed E-state index contributed by atoms with van der Waals surface area (Å²) in [5.74, 6) is 0.336. The van der Waals surface area contributed by atoms with Crippen LogP contribution in [0.1, 0.15) is 46.5 Å². The van der Waals surface area contributed by atoms with Crippen LogP contribution in [0, 0.1) is 11.3 Å². The molecule has 6 atom stereocenters. The Kier molecular flexibility index (Phi) is 2.49. The van der Waals surface area contributed by atoms with Gasteiger partial charge in [0.25, 0.3) is 0 Å². The monoisotopic (exact) mass is 256 g/mol. The molecule has 2 bridgehead atoms. The Morgan fingerprint density at radius 2 is 1.78 bits per heavy atom. The first-order valence-corrected chi connectivity index (χ1v) is 6.97. The van der Waals surface area contributed by atoms with Gasteiger partial charge in [0.1, 0.15) is 0 Å². The fourth-order valence-corrected chi connectivity index (χ4v) is 4.61. The van der Waals surface area contributed by atoms with Crippen LogP contribution in [0.5, 0.6) is 0 Å². The Morgan fingerprint density at radius 3 is 2.44 bits per heavy atom. The van der Waals surface area contributed by atoms with Gasteiger partial charge in [-0.2, -0.15) is 0 Å². The SMILES string of the molecule is CC1(C)O[C@@]23CC[C@H](O)[C@H](O)[C@@]2(C)[C@@H](O)C[C@@H]1C3. The van der Waals surface area contributed by atoms with Crippen molar-refractivity contribution in [2.75, 3.05) is 0 Å². The highest BCUT2D eigenvalue weighted by Crippen LogP contribution is 2.63. The van der Waals surface area contributed by atoms with Crippen LogP contribution >= 0.6 is 0 Å². The normalized spacial score (nSPS) is 58.3. The first-order valence-electron chi connectivity index (χ1n) is 6.97. The third-order valence-corrected chi connectivity index (χ3v) is 6.02. The van der Waals surface area contributed by atoms with E-state index in [9.17, 15) is 15.3 Å². The molecule has 2 aliphatic carbocycles. The van der Waals surface area contributed by atoms with E-state index in [4.69, 9.17) is 4.74 Å². The van der Waals surface area contributed by atoms with Gasteiger partial charge >= 0.3 is 0 Å². The Balaban J connectivity index is 2.07. The van der Waals surface area contributed by atoms with Crippen molar-refractivity contribution in [2.24, 2.45) is 11.3 Å². The van der Waals surface area contributed by atoms with Gasteiger partial charge in [-0.3, -0.25) is 0 Å². The van der Waals surface area contributed by atoms with Crippen LogP contribution in [-0.4, -0.2) is 44.8 Å². The molecule has 4 heteroatoms. The number of aliphatic hydroxyl groups excluding tert-OH is 3. The van der Waals surface area contributed by atoms with Gasteiger partial charge in [0.15, 0.2) is 0 Å². The largest absolute Gasteiger partial charge is 0.392 e. The second-order valence-corrected chi connectivity index (χ2v) is 7.19. The predicted octanol–water partition coefficient (Wildman–Crippen LogP) is 0.827. The number of rotatable bonds is 0. The standard InChI is InChI=1S/C14H24O4/c1-12(2)8-6-10(16)13(3)11(17)9(15)4-5-14(13,7-8)18-12/h8-11,15-17H,4-7H2,1-3H3/t8-,9+,10+,11+,13-,14-/m1/s1. The van der Waals surface area contributed by atoms with E-state index < -0.39 is 29.3 Å². The van der Waals surface area contributed by atoms with Crippen molar-refractivity contribution in [3.8, 4) is 0 Å². The molecule has 1 heterocycles. The summed E-state index contributed by atoms with van der Waals surface area (Å²) in [6, 6.07) is 0. The van der Waals surface area contributed by atoms with Crippen molar-refractivity contribution < 1.29 is 20.1 Å². The van der Waals surface area contributed by atoms with E-state index in [1.165, 1.54) is 0 Å². The first kappa shape index (κ1) is 12.9. The second kappa shape index (κ2) is 3.48. The maximum atomic E-state index is 10.5. The van der Waals surface area contributed by atoms with Crippen molar-refractivity contribution in [3.05, 3.63) is 0 Å². The highest BCUT2D eigenvalue weighted by Gasteiger charge is 2.70. The molecule has 1 spiro atoms. The van der Waals surface area contributed by atoms with Crippen molar-refractivity contribution in [1.82, 2.24) is 0 Å². The average molecular weight is 256 g/mol. The molecule has 0 aromatic rings. The first-order chi connectivity index (χ1) is 8.23. The molecule has 0 aromatic heterocycles. The summed E-state index contributed by atoms with van der Waals surface area (Å²) in [6.07, 6.45) is 0.537. The predicted molar refractivity (Wildman–Crippen MR) is 66.0 cm³/mol. The molecule has 0 aromatic carbocycles. The number of hydrogen-bond acceptors (Lipinski definition) is 4. The van der Waals surface area contributed by atoms with Gasteiger partial charge in [-0.25, -0.2) is 0 Å². The molecule has 18 heavy (non-hydrogen) atoms. The van der Waals surface area contributed by atoms with Gasteiger partial charge in [-0.15, -0.1) is 0 Å². The third kappa shape index (κ3) is 1.30. The van der Waals surface area contributed by atoms with Gasteiger partial charge in [0.2, 0.25) is 0 Å². The Labute approximate surface area is 108 Å². The van der Waals surface area contributed by atoms with E-state index in [-0.39, 0.29) is 5.60 Å². The van der Waals surface area contributed by atoms with Crippen LogP contribution in [0.15, 0.2) is 0 Å². The molecule has 0 amide bonds. The second-order valence-electron chi connectivity index (χ2n) is 7.19. The van der Waals surface area contributed by atoms with Crippen molar-refractivity contribution in [2.45, 2.75) is 76.0 Å². The van der Waals surface area contributed by atoms with Crippen LogP contribution in [0.25, 0.3) is 0 Å². The summed E-state index contributed by atoms with van der Waals surface area (Å²) in [7, 11) is 0. The zero-order chi connectivity index (χ0) is 13.3. The van der Waals surface area contributed by atoms with Gasteiger partial charge in [0, 0.05) is 0 Å². The van der Waals surface area contributed by atoms with E-state index in [2.05, 4.69) is 13.8 Å². The summed E-state index contributed by atoms with van der Waals surface area (Å²) < 4.78 is 6.33. The van der Waals surface area contributed by atoms with Gasteiger partial charge in [0.05, 0.1) is 34.9 Å². The highest BCUT2D eigenvalue weighted by molar-refractivity contribution is 5.19. The van der Waals surface area contributed by atoms with Crippen LogP contribution < -0.4 is 0 Å². The molecule has 4 nitrogen and oxygen atoms in total. The highest BCUT2D eigenvalue weighted by atomic mass is 16.5. The molecule has 1 saturated heterocycles. The molecule has 3 rings (SSSR count). The molecular weight excluding hydrogens is 232 g/mol. The fourth-order valence-electron chi connectivity index (χ4n) is 4.61. The summed E-state index contributed by atoms with van der Waals surface area (Å²) >= 11 is 0. The van der Waals surface area contributed by atoms with Gasteiger partial charge < -0.3 is 20.1 Å². The molecular formula is C14H24O4. The molecule has 3 N–H and O–H groups in total. The summed E-state index contributed by atoms with van der Waals surface area (Å²) in [4.78, 5) is 0. The van der Waals surface area contributed by atoms with E-state index in [0.29, 0.717) is 18.8 Å². The zero-order valence-corrected chi connectivity index (χ0v) is 11.4. The maximum Gasteiger partial charge on any atom is 0.0904 e. The van der Waals surface area contributed by atoms with Crippen LogP contribution in [0.3, 0.4) is 0 Å². The fraction of sp³-hybridized carbons (Fsp3) is 1.00. The van der Waals surface area contributed by atoms with Gasteiger partial charge in [-0.05, 0) is 45.4 Å². The lowest BCUT2D eigenvalue weighted by atomic mass is 9.53. The average Bonchev–Trinajstić information content (AvgIpc) is 2.51. The Morgan fingerprint density at radius 1 is 1.11 bits per heavy atom. The van der Waals surface area contributed by atoms with Crippen molar-refractivity contribution >= 4 is 0 Å². The number of aliphatic hydroxyl groups is 3. The zero-order valence-electron chi connectivity index (χ0n) is 11.4. The van der Waals surface area contributed by atoms with Crippen molar-refractivity contribution in [1.29, 1.82) is 0 Å². The Hall–Kier alpha value is -0.160. The topological polar surface area (TPSA) is 69.9 Å². The minimum atomic E-state index is -0.906. The van der Waals surface area contributed by atoms with Crippen molar-refractivity contribution in [3.63, 3.8) is 0 Å². The number of ether oxygens (including phenoxy) is 1. The minimum Gasteiger partial charge on any atom is -0.392 e. The minimum absolute atomic E-state index is 0.249. The Bertz CT molecular complexity index is 369. The molecule has 1 aliphatic heterocycles. The van der Waals surface area contributed by atoms with E-state index >= 15 is 0 Å². The lowest BCUT2D eigenvalue weighted by molar-refractivity contribution is -0.256. The molecule has 0 radical (unpaired) electrons. The quantitative estimate of drug-likeness (QED) is 0.600. The summed E-state index contributed by atoms with van der Waals surface area (Å²) in [5.41, 5.74) is -1.48. The molecule has 0 unspecified atom stereocenters. The number of hydrogen-bond donors (Lipinski definition) is 3. The van der Waals surface area contributed by atoms with E-state index in [0.717, 1.165) is 12.8 Å². The summed E-state index contributed by atoms with van der Waals surface area (Å²) in [6.45, 7) is 6.02. The van der Waals surface area contributed by atoms with Crippen LogP contribution in [0.4, 0.5) is 0 Å². The lowest BCUT2D eigenvalue weighted by Crippen LogP contribution is -2.67. The van der Waals surface area contributed by atoms with Crippen LogP contribution in [0.2, 0.25) is 0 Å². The summed E-state index contributed by atoms with van der Waals surface area (Å²) in [5, 5.41) is 30.8. The molecule has 2 saturated carbocycles. The molecule has 3 aliphatic rings. The smallest absolute Gasteiger partial charge is 0.0904 e. The molecule has 3 fully saturated rings. The maximum absolute atomic E-state index is 10.5.